The van der Waals surface area contributed by atoms with E-state index in [-0.39, 0.29) is 5.91 Å². The fourth-order valence-electron chi connectivity index (χ4n) is 2.07. The minimum atomic E-state index is 0.0254. The fraction of sp³-hybridized carbons (Fsp3) is 0.200. The lowest BCUT2D eigenvalue weighted by molar-refractivity contribution is -0.125. The van der Waals surface area contributed by atoms with Gasteiger partial charge in [-0.25, -0.2) is 0 Å². The standard InChI is InChI=1S/C15H15N5OS/c1-19(2)14(21)10-22-15-16-17-18-20(15)13-9-5-7-11-6-3-4-8-12(11)13/h3-9H,10H2,1-2H3. The maximum absolute atomic E-state index is 11.7. The van der Waals surface area contributed by atoms with Crippen molar-refractivity contribution in [1.29, 1.82) is 0 Å². The van der Waals surface area contributed by atoms with Crippen molar-refractivity contribution in [3.05, 3.63) is 42.5 Å². The minimum Gasteiger partial charge on any atom is -0.348 e. The molecule has 0 saturated heterocycles. The molecule has 0 unspecified atom stereocenters. The molecule has 1 amide bonds. The Balaban J connectivity index is 1.95. The number of hydrogen-bond donors (Lipinski definition) is 0. The van der Waals surface area contributed by atoms with Crippen molar-refractivity contribution in [2.24, 2.45) is 0 Å². The van der Waals surface area contributed by atoms with E-state index < -0.39 is 0 Å². The van der Waals surface area contributed by atoms with Gasteiger partial charge in [-0.1, -0.05) is 48.2 Å². The van der Waals surface area contributed by atoms with Gasteiger partial charge in [0.05, 0.1) is 11.4 Å². The van der Waals surface area contributed by atoms with Gasteiger partial charge in [-0.2, -0.15) is 4.68 Å². The molecule has 3 aromatic rings. The predicted molar refractivity (Wildman–Crippen MR) is 86.1 cm³/mol. The van der Waals surface area contributed by atoms with Crippen LogP contribution in [0.5, 0.6) is 0 Å². The van der Waals surface area contributed by atoms with E-state index >= 15 is 0 Å². The molecule has 0 aliphatic rings. The number of aromatic nitrogens is 4. The van der Waals surface area contributed by atoms with Crippen molar-refractivity contribution in [3.8, 4) is 5.69 Å². The molecule has 2 aromatic carbocycles. The first kappa shape index (κ1) is 14.5. The molecule has 1 aromatic heterocycles. The van der Waals surface area contributed by atoms with E-state index in [1.54, 1.807) is 23.7 Å². The third-order valence-corrected chi connectivity index (χ3v) is 4.16. The van der Waals surface area contributed by atoms with E-state index in [0.717, 1.165) is 16.5 Å². The number of rotatable bonds is 4. The summed E-state index contributed by atoms with van der Waals surface area (Å²) in [5.74, 6) is 0.329. The van der Waals surface area contributed by atoms with Gasteiger partial charge in [0, 0.05) is 19.5 Å². The number of carbonyl (C=O) groups excluding carboxylic acids is 1. The summed E-state index contributed by atoms with van der Waals surface area (Å²) in [7, 11) is 3.47. The predicted octanol–water partition coefficient (Wildman–Crippen LogP) is 2.00. The van der Waals surface area contributed by atoms with Crippen LogP contribution >= 0.6 is 11.8 Å². The van der Waals surface area contributed by atoms with E-state index in [1.165, 1.54) is 11.8 Å². The van der Waals surface area contributed by atoms with E-state index in [9.17, 15) is 4.79 Å². The first-order valence-corrected chi connectivity index (χ1v) is 7.75. The molecule has 0 radical (unpaired) electrons. The summed E-state index contributed by atoms with van der Waals surface area (Å²) < 4.78 is 1.68. The summed E-state index contributed by atoms with van der Waals surface area (Å²) in [6.45, 7) is 0. The minimum absolute atomic E-state index is 0.0254. The number of thioether (sulfide) groups is 1. The van der Waals surface area contributed by atoms with Crippen LogP contribution in [0.15, 0.2) is 47.6 Å². The molecule has 7 heteroatoms. The second kappa shape index (κ2) is 6.15. The van der Waals surface area contributed by atoms with Gasteiger partial charge in [-0.15, -0.1) is 5.10 Å². The number of tetrazole rings is 1. The summed E-state index contributed by atoms with van der Waals surface area (Å²) >= 11 is 1.33. The Morgan fingerprint density at radius 3 is 2.77 bits per heavy atom. The van der Waals surface area contributed by atoms with Crippen LogP contribution in [0, 0.1) is 0 Å². The van der Waals surface area contributed by atoms with Crippen LogP contribution in [0.3, 0.4) is 0 Å². The number of hydrogen-bond acceptors (Lipinski definition) is 5. The molecule has 112 valence electrons. The van der Waals surface area contributed by atoms with Crippen LogP contribution in [0.4, 0.5) is 0 Å². The van der Waals surface area contributed by atoms with Gasteiger partial charge in [0.1, 0.15) is 0 Å². The van der Waals surface area contributed by atoms with Crippen molar-refractivity contribution in [3.63, 3.8) is 0 Å². The van der Waals surface area contributed by atoms with Gasteiger partial charge in [-0.05, 0) is 21.9 Å². The summed E-state index contributed by atoms with van der Waals surface area (Å²) in [4.78, 5) is 13.3. The van der Waals surface area contributed by atoms with Gasteiger partial charge in [0.2, 0.25) is 11.1 Å². The molecule has 0 saturated carbocycles. The number of benzene rings is 2. The highest BCUT2D eigenvalue weighted by molar-refractivity contribution is 7.99. The van der Waals surface area contributed by atoms with Crippen LogP contribution in [0.1, 0.15) is 0 Å². The van der Waals surface area contributed by atoms with Gasteiger partial charge < -0.3 is 4.90 Å². The van der Waals surface area contributed by atoms with E-state index in [4.69, 9.17) is 0 Å². The Hall–Kier alpha value is -2.41. The van der Waals surface area contributed by atoms with Crippen LogP contribution in [0.25, 0.3) is 16.5 Å². The summed E-state index contributed by atoms with van der Waals surface area (Å²) in [5, 5.41) is 14.6. The van der Waals surface area contributed by atoms with Crippen molar-refractivity contribution >= 4 is 28.4 Å². The summed E-state index contributed by atoms with van der Waals surface area (Å²) in [5.41, 5.74) is 0.905. The third kappa shape index (κ3) is 2.80. The molecule has 0 fully saturated rings. The second-order valence-electron chi connectivity index (χ2n) is 4.95. The molecular formula is C15H15N5OS. The zero-order valence-electron chi connectivity index (χ0n) is 12.3. The number of carbonyl (C=O) groups is 1. The quantitative estimate of drug-likeness (QED) is 0.689. The van der Waals surface area contributed by atoms with Gasteiger partial charge in [-0.3, -0.25) is 4.79 Å². The maximum Gasteiger partial charge on any atom is 0.232 e. The lowest BCUT2D eigenvalue weighted by Gasteiger charge is -2.10. The van der Waals surface area contributed by atoms with Gasteiger partial charge in [0.15, 0.2) is 0 Å². The average molecular weight is 313 g/mol. The van der Waals surface area contributed by atoms with E-state index in [2.05, 4.69) is 15.5 Å². The topological polar surface area (TPSA) is 63.9 Å². The van der Waals surface area contributed by atoms with Gasteiger partial charge in [0.25, 0.3) is 0 Å². The zero-order chi connectivity index (χ0) is 15.5. The molecule has 0 aliphatic heterocycles. The molecule has 0 atom stereocenters. The van der Waals surface area contributed by atoms with Crippen LogP contribution in [-0.2, 0) is 4.79 Å². The van der Waals surface area contributed by atoms with Crippen molar-refractivity contribution in [2.45, 2.75) is 5.16 Å². The second-order valence-corrected chi connectivity index (χ2v) is 5.89. The molecule has 0 bridgehead atoms. The highest BCUT2D eigenvalue weighted by Crippen LogP contribution is 2.25. The average Bonchev–Trinajstić information content (AvgIpc) is 3.00. The Morgan fingerprint density at radius 2 is 1.95 bits per heavy atom. The van der Waals surface area contributed by atoms with Gasteiger partial charge >= 0.3 is 0 Å². The molecule has 0 spiro atoms. The maximum atomic E-state index is 11.7. The van der Waals surface area contributed by atoms with Crippen LogP contribution < -0.4 is 0 Å². The summed E-state index contributed by atoms with van der Waals surface area (Å²) in [6, 6.07) is 14.0. The lowest BCUT2D eigenvalue weighted by atomic mass is 10.1. The molecule has 22 heavy (non-hydrogen) atoms. The van der Waals surface area contributed by atoms with E-state index in [1.807, 2.05) is 42.5 Å². The Labute approximate surface area is 132 Å². The lowest BCUT2D eigenvalue weighted by Crippen LogP contribution is -2.23. The molecular weight excluding hydrogens is 298 g/mol. The highest BCUT2D eigenvalue weighted by Gasteiger charge is 2.14. The largest absolute Gasteiger partial charge is 0.348 e. The van der Waals surface area contributed by atoms with Crippen LogP contribution in [-0.4, -0.2) is 50.9 Å². The molecule has 3 rings (SSSR count). The highest BCUT2D eigenvalue weighted by atomic mass is 32.2. The smallest absolute Gasteiger partial charge is 0.232 e. The zero-order valence-corrected chi connectivity index (χ0v) is 13.1. The monoisotopic (exact) mass is 313 g/mol. The Bertz CT molecular complexity index is 809. The first-order chi connectivity index (χ1) is 10.7. The number of fused-ring (bicyclic) bond motifs is 1. The molecule has 6 nitrogen and oxygen atoms in total. The summed E-state index contributed by atoms with van der Waals surface area (Å²) in [6.07, 6.45) is 0. The fourth-order valence-corrected chi connectivity index (χ4v) is 2.93. The molecule has 1 heterocycles. The molecule has 0 N–H and O–H groups in total. The van der Waals surface area contributed by atoms with Crippen LogP contribution in [0.2, 0.25) is 0 Å². The van der Waals surface area contributed by atoms with Crippen molar-refractivity contribution in [1.82, 2.24) is 25.1 Å². The third-order valence-electron chi connectivity index (χ3n) is 3.26. The SMILES string of the molecule is CN(C)C(=O)CSc1nnnn1-c1cccc2ccccc12. The van der Waals surface area contributed by atoms with Crippen molar-refractivity contribution in [2.75, 3.05) is 19.8 Å². The first-order valence-electron chi connectivity index (χ1n) is 6.76. The Morgan fingerprint density at radius 1 is 1.18 bits per heavy atom. The van der Waals surface area contributed by atoms with Crippen molar-refractivity contribution < 1.29 is 4.79 Å². The number of amides is 1. The number of nitrogens with zero attached hydrogens (tertiary/aromatic N) is 5. The Kier molecular flexibility index (Phi) is 4.06. The van der Waals surface area contributed by atoms with E-state index in [0.29, 0.717) is 10.9 Å². The molecule has 0 aliphatic carbocycles. The normalized spacial score (nSPS) is 10.8.